The minimum Gasteiger partial charge on any atom is -0.508 e. The molecule has 0 aliphatic heterocycles. The topological polar surface area (TPSA) is 82.5 Å². The van der Waals surface area contributed by atoms with Gasteiger partial charge in [-0.05, 0) is 18.6 Å². The number of pyridine rings is 1. The number of H-pyrrole nitrogens is 1. The summed E-state index contributed by atoms with van der Waals surface area (Å²) in [5.41, 5.74) is -0.123. The second-order valence-corrected chi connectivity index (χ2v) is 4.06. The smallest absolute Gasteiger partial charge is 0.294 e. The molecule has 2 aromatic rings. The van der Waals surface area contributed by atoms with Gasteiger partial charge in [-0.3, -0.25) is 4.79 Å². The van der Waals surface area contributed by atoms with Gasteiger partial charge < -0.3 is 19.9 Å². The summed E-state index contributed by atoms with van der Waals surface area (Å²) in [5.74, 6) is -0.233. The predicted octanol–water partition coefficient (Wildman–Crippen LogP) is 2.12. The van der Waals surface area contributed by atoms with Crippen LogP contribution in [-0.2, 0) is 0 Å². The van der Waals surface area contributed by atoms with Gasteiger partial charge >= 0.3 is 0 Å². The summed E-state index contributed by atoms with van der Waals surface area (Å²) in [6, 6.07) is 4.35. The first-order valence-corrected chi connectivity index (χ1v) is 5.84. The van der Waals surface area contributed by atoms with Gasteiger partial charge in [0.15, 0.2) is 5.75 Å². The lowest BCUT2D eigenvalue weighted by molar-refractivity contribution is 0.290. The van der Waals surface area contributed by atoms with Crippen LogP contribution in [0.25, 0.3) is 10.9 Å². The first kappa shape index (κ1) is 12.3. The summed E-state index contributed by atoms with van der Waals surface area (Å²) in [7, 11) is 0. The summed E-state index contributed by atoms with van der Waals surface area (Å²) < 4.78 is 5.29. The van der Waals surface area contributed by atoms with Crippen LogP contribution in [0.15, 0.2) is 23.0 Å². The Labute approximate surface area is 104 Å². The number of aromatic nitrogens is 1. The molecule has 0 unspecified atom stereocenters. The number of unbranched alkanes of at least 4 members (excludes halogenated alkanes) is 1. The third-order valence-electron chi connectivity index (χ3n) is 2.67. The van der Waals surface area contributed by atoms with Crippen molar-refractivity contribution in [3.63, 3.8) is 0 Å². The van der Waals surface area contributed by atoms with Crippen molar-refractivity contribution < 1.29 is 14.9 Å². The molecule has 0 aliphatic carbocycles. The summed E-state index contributed by atoms with van der Waals surface area (Å²) >= 11 is 0. The Morgan fingerprint density at radius 3 is 2.83 bits per heavy atom. The van der Waals surface area contributed by atoms with Crippen molar-refractivity contribution >= 4 is 10.9 Å². The first-order chi connectivity index (χ1) is 8.63. The van der Waals surface area contributed by atoms with Gasteiger partial charge in [-0.1, -0.05) is 13.3 Å². The Morgan fingerprint density at radius 1 is 1.33 bits per heavy atom. The van der Waals surface area contributed by atoms with E-state index in [4.69, 9.17) is 4.74 Å². The normalized spacial score (nSPS) is 10.7. The molecule has 1 aromatic heterocycles. The largest absolute Gasteiger partial charge is 0.508 e. The molecule has 18 heavy (non-hydrogen) atoms. The molecule has 0 saturated heterocycles. The molecule has 3 N–H and O–H groups in total. The summed E-state index contributed by atoms with van der Waals surface area (Å²) in [5, 5.41) is 19.8. The van der Waals surface area contributed by atoms with Crippen molar-refractivity contribution in [2.24, 2.45) is 0 Å². The van der Waals surface area contributed by atoms with Gasteiger partial charge in [0.25, 0.3) is 5.56 Å². The lowest BCUT2D eigenvalue weighted by Gasteiger charge is -2.09. The van der Waals surface area contributed by atoms with Crippen LogP contribution in [0, 0.1) is 0 Å². The zero-order valence-corrected chi connectivity index (χ0v) is 10.1. The van der Waals surface area contributed by atoms with Gasteiger partial charge in [-0.2, -0.15) is 0 Å². The summed E-state index contributed by atoms with van der Waals surface area (Å²) in [4.78, 5) is 14.3. The van der Waals surface area contributed by atoms with E-state index in [1.807, 2.05) is 6.92 Å². The van der Waals surface area contributed by atoms with Crippen molar-refractivity contribution in [3.8, 4) is 17.2 Å². The van der Waals surface area contributed by atoms with Gasteiger partial charge in [-0.25, -0.2) is 0 Å². The number of fused-ring (bicyclic) bond motifs is 1. The number of rotatable bonds is 4. The zero-order chi connectivity index (χ0) is 13.1. The predicted molar refractivity (Wildman–Crippen MR) is 68.3 cm³/mol. The van der Waals surface area contributed by atoms with Crippen molar-refractivity contribution in [1.29, 1.82) is 0 Å². The highest BCUT2D eigenvalue weighted by atomic mass is 16.5. The molecule has 0 spiro atoms. The third kappa shape index (κ3) is 2.25. The van der Waals surface area contributed by atoms with Crippen LogP contribution in [0.4, 0.5) is 0 Å². The standard InChI is InChI=1S/C13H15NO4/c1-2-3-6-18-12-11(16)9-5-4-8(15)7-10(9)14-13(12)17/h4-5,7,15H,2-3,6H2,1H3,(H2,14,16,17). The van der Waals surface area contributed by atoms with E-state index in [-0.39, 0.29) is 17.2 Å². The van der Waals surface area contributed by atoms with Crippen LogP contribution in [0.2, 0.25) is 0 Å². The molecule has 0 fully saturated rings. The average Bonchev–Trinajstić information content (AvgIpc) is 2.33. The molecule has 5 heteroatoms. The molecule has 1 heterocycles. The number of hydrogen-bond acceptors (Lipinski definition) is 4. The van der Waals surface area contributed by atoms with Gasteiger partial charge in [0.05, 0.1) is 12.1 Å². The van der Waals surface area contributed by atoms with Crippen LogP contribution < -0.4 is 10.3 Å². The van der Waals surface area contributed by atoms with E-state index in [2.05, 4.69) is 4.98 Å². The van der Waals surface area contributed by atoms with Crippen molar-refractivity contribution in [1.82, 2.24) is 4.98 Å². The van der Waals surface area contributed by atoms with Crippen molar-refractivity contribution in [2.75, 3.05) is 6.61 Å². The molecule has 0 aliphatic rings. The monoisotopic (exact) mass is 249 g/mol. The number of phenols is 1. The summed E-state index contributed by atoms with van der Waals surface area (Å²) in [6.45, 7) is 2.40. The molecule has 0 bridgehead atoms. The highest BCUT2D eigenvalue weighted by Gasteiger charge is 2.13. The number of hydrogen-bond donors (Lipinski definition) is 3. The van der Waals surface area contributed by atoms with Gasteiger partial charge in [0.1, 0.15) is 5.75 Å². The van der Waals surface area contributed by atoms with E-state index in [1.54, 1.807) is 0 Å². The second kappa shape index (κ2) is 5.00. The Morgan fingerprint density at radius 2 is 2.11 bits per heavy atom. The molecular formula is C13H15NO4. The van der Waals surface area contributed by atoms with Crippen LogP contribution in [0.1, 0.15) is 19.8 Å². The molecule has 0 amide bonds. The number of nitrogens with one attached hydrogen (secondary N) is 1. The van der Waals surface area contributed by atoms with Gasteiger partial charge in [0.2, 0.25) is 5.75 Å². The maximum Gasteiger partial charge on any atom is 0.294 e. The Kier molecular flexibility index (Phi) is 3.41. The van der Waals surface area contributed by atoms with E-state index in [1.165, 1.54) is 18.2 Å². The van der Waals surface area contributed by atoms with Gasteiger partial charge in [0, 0.05) is 11.5 Å². The molecule has 1 aromatic carbocycles. The minimum absolute atomic E-state index is 0.0252. The average molecular weight is 249 g/mol. The van der Waals surface area contributed by atoms with E-state index in [9.17, 15) is 15.0 Å². The first-order valence-electron chi connectivity index (χ1n) is 5.84. The lowest BCUT2D eigenvalue weighted by Crippen LogP contribution is -2.12. The molecular weight excluding hydrogens is 234 g/mol. The van der Waals surface area contributed by atoms with Crippen LogP contribution in [0.3, 0.4) is 0 Å². The third-order valence-corrected chi connectivity index (χ3v) is 2.67. The number of aromatic amines is 1. The van der Waals surface area contributed by atoms with Crippen LogP contribution >= 0.6 is 0 Å². The lowest BCUT2D eigenvalue weighted by atomic mass is 10.2. The Balaban J connectivity index is 2.48. The number of aromatic hydroxyl groups is 2. The second-order valence-electron chi connectivity index (χ2n) is 4.06. The highest BCUT2D eigenvalue weighted by molar-refractivity contribution is 5.87. The van der Waals surface area contributed by atoms with E-state index in [0.29, 0.717) is 17.5 Å². The van der Waals surface area contributed by atoms with Crippen LogP contribution in [0.5, 0.6) is 17.2 Å². The fourth-order valence-electron chi connectivity index (χ4n) is 1.70. The summed E-state index contributed by atoms with van der Waals surface area (Å²) in [6.07, 6.45) is 1.76. The Hall–Kier alpha value is -2.17. The molecule has 96 valence electrons. The molecule has 2 rings (SSSR count). The quantitative estimate of drug-likeness (QED) is 0.725. The minimum atomic E-state index is -0.498. The fraction of sp³-hybridized carbons (Fsp3) is 0.308. The Bertz CT molecular complexity index is 618. The fourth-order valence-corrected chi connectivity index (χ4v) is 1.70. The van der Waals surface area contributed by atoms with Crippen molar-refractivity contribution in [2.45, 2.75) is 19.8 Å². The zero-order valence-electron chi connectivity index (χ0n) is 10.1. The molecule has 5 nitrogen and oxygen atoms in total. The highest BCUT2D eigenvalue weighted by Crippen LogP contribution is 2.31. The van der Waals surface area contributed by atoms with E-state index in [0.717, 1.165) is 12.8 Å². The van der Waals surface area contributed by atoms with E-state index >= 15 is 0 Å². The number of benzene rings is 1. The number of ether oxygens (including phenoxy) is 1. The SMILES string of the molecule is CCCCOc1c(O)c2ccc(O)cc2[nH]c1=O. The molecule has 0 radical (unpaired) electrons. The number of phenolic OH excluding ortho intramolecular Hbond substituents is 1. The molecule has 0 saturated carbocycles. The maximum atomic E-state index is 11.7. The molecule has 0 atom stereocenters. The van der Waals surface area contributed by atoms with Crippen LogP contribution in [-0.4, -0.2) is 21.8 Å². The van der Waals surface area contributed by atoms with Gasteiger partial charge in [-0.15, -0.1) is 0 Å². The van der Waals surface area contributed by atoms with E-state index < -0.39 is 5.56 Å². The maximum absolute atomic E-state index is 11.7. The van der Waals surface area contributed by atoms with Crippen molar-refractivity contribution in [3.05, 3.63) is 28.6 Å².